The first-order chi connectivity index (χ1) is 6.61. The van der Waals surface area contributed by atoms with Crippen molar-refractivity contribution in [3.8, 4) is 5.75 Å². The van der Waals surface area contributed by atoms with E-state index in [4.69, 9.17) is 5.11 Å². The standard InChI is InChI=1S/C7H8O.CH6N4O/c1-6-4-2-3-5-7(6)8;2-4-1(6)5-3/h2-5,8H,1H3;2-3H2,(H2,4,5,6). The molecule has 0 bridgehead atoms. The molecule has 0 aromatic heterocycles. The molecule has 0 aliphatic carbocycles. The molecule has 0 unspecified atom stereocenters. The van der Waals surface area contributed by atoms with Crippen LogP contribution in [0.3, 0.4) is 0 Å². The molecule has 7 N–H and O–H groups in total. The van der Waals surface area contributed by atoms with Gasteiger partial charge in [0.2, 0.25) is 0 Å². The number of benzene rings is 1. The van der Waals surface area contributed by atoms with Crippen LogP contribution in [0.15, 0.2) is 24.3 Å². The molecule has 6 heteroatoms. The van der Waals surface area contributed by atoms with E-state index in [2.05, 4.69) is 11.7 Å². The Balaban J connectivity index is 0.000000255. The van der Waals surface area contributed by atoms with E-state index in [-0.39, 0.29) is 0 Å². The predicted molar refractivity (Wildman–Crippen MR) is 52.9 cm³/mol. The molecule has 14 heavy (non-hydrogen) atoms. The number of phenolic OH excluding ortho intramolecular Hbond substituents is 1. The molecule has 1 aromatic rings. The van der Waals surface area contributed by atoms with Gasteiger partial charge in [-0.1, -0.05) is 18.2 Å². The number of carbonyl (C=O) groups is 1. The van der Waals surface area contributed by atoms with Crippen molar-refractivity contribution in [2.24, 2.45) is 11.7 Å². The number of rotatable bonds is 0. The van der Waals surface area contributed by atoms with Crippen molar-refractivity contribution < 1.29 is 9.90 Å². The van der Waals surface area contributed by atoms with Crippen LogP contribution < -0.4 is 22.5 Å². The molecule has 0 heterocycles. The number of carbonyl (C=O) groups excluding carboxylic acids is 1. The number of hydrogen-bond donors (Lipinski definition) is 5. The summed E-state index contributed by atoms with van der Waals surface area (Å²) in [6.45, 7) is 1.87. The molecule has 0 fully saturated rings. The fourth-order valence-corrected chi connectivity index (χ4v) is 0.605. The Bertz CT molecular complexity index is 263. The summed E-state index contributed by atoms with van der Waals surface area (Å²) in [6.07, 6.45) is 0. The van der Waals surface area contributed by atoms with E-state index in [9.17, 15) is 4.79 Å². The first-order valence-electron chi connectivity index (χ1n) is 3.83. The van der Waals surface area contributed by atoms with E-state index in [1.165, 1.54) is 0 Å². The third-order valence-corrected chi connectivity index (χ3v) is 1.38. The molecule has 0 atom stereocenters. The van der Waals surface area contributed by atoms with Crippen LogP contribution >= 0.6 is 0 Å². The number of para-hydroxylation sites is 1. The third-order valence-electron chi connectivity index (χ3n) is 1.38. The molecule has 1 rings (SSSR count). The van der Waals surface area contributed by atoms with Crippen molar-refractivity contribution in [2.75, 3.05) is 0 Å². The maximum atomic E-state index is 9.71. The molecular weight excluding hydrogens is 184 g/mol. The number of aromatic hydroxyl groups is 1. The maximum Gasteiger partial charge on any atom is 0.343 e. The highest BCUT2D eigenvalue weighted by Crippen LogP contribution is 2.12. The topological polar surface area (TPSA) is 113 Å². The second-order valence-electron chi connectivity index (χ2n) is 2.40. The van der Waals surface area contributed by atoms with Gasteiger partial charge in [-0.25, -0.2) is 16.5 Å². The molecule has 78 valence electrons. The fourth-order valence-electron chi connectivity index (χ4n) is 0.605. The summed E-state index contributed by atoms with van der Waals surface area (Å²) >= 11 is 0. The summed E-state index contributed by atoms with van der Waals surface area (Å²) in [7, 11) is 0. The van der Waals surface area contributed by atoms with E-state index in [1.54, 1.807) is 16.9 Å². The molecule has 0 saturated heterocycles. The van der Waals surface area contributed by atoms with Gasteiger partial charge in [0.1, 0.15) is 5.75 Å². The lowest BCUT2D eigenvalue weighted by atomic mass is 10.2. The fraction of sp³-hybridized carbons (Fsp3) is 0.125. The molecule has 0 saturated carbocycles. The average Bonchev–Trinajstić information content (AvgIpc) is 2.22. The van der Waals surface area contributed by atoms with E-state index in [1.807, 2.05) is 25.1 Å². The number of aryl methyl sites for hydroxylation is 1. The van der Waals surface area contributed by atoms with Gasteiger partial charge in [-0.05, 0) is 18.6 Å². The first kappa shape index (κ1) is 12.2. The smallest absolute Gasteiger partial charge is 0.343 e. The number of hydrogen-bond acceptors (Lipinski definition) is 4. The highest BCUT2D eigenvalue weighted by atomic mass is 16.3. The van der Waals surface area contributed by atoms with Crippen molar-refractivity contribution in [3.05, 3.63) is 29.8 Å². The zero-order valence-electron chi connectivity index (χ0n) is 7.82. The Labute approximate surface area is 81.8 Å². The van der Waals surface area contributed by atoms with Crippen LogP contribution in [0.25, 0.3) is 0 Å². The minimum Gasteiger partial charge on any atom is -0.508 e. The lowest BCUT2D eigenvalue weighted by Crippen LogP contribution is -2.43. The second kappa shape index (κ2) is 6.70. The van der Waals surface area contributed by atoms with Crippen LogP contribution in [0.1, 0.15) is 5.56 Å². The van der Waals surface area contributed by atoms with E-state index in [0.29, 0.717) is 5.75 Å². The highest BCUT2D eigenvalue weighted by Gasteiger charge is 1.87. The molecule has 0 radical (unpaired) electrons. The van der Waals surface area contributed by atoms with E-state index >= 15 is 0 Å². The summed E-state index contributed by atoms with van der Waals surface area (Å²) < 4.78 is 0. The molecule has 0 aliphatic heterocycles. The quantitative estimate of drug-likeness (QED) is 0.224. The number of urea groups is 1. The van der Waals surface area contributed by atoms with Crippen LogP contribution in [0.5, 0.6) is 5.75 Å². The zero-order chi connectivity index (χ0) is 11.0. The number of hydrazine groups is 2. The first-order valence-corrected chi connectivity index (χ1v) is 3.83. The van der Waals surface area contributed by atoms with Crippen LogP contribution in [-0.2, 0) is 0 Å². The van der Waals surface area contributed by atoms with Gasteiger partial charge < -0.3 is 5.11 Å². The van der Waals surface area contributed by atoms with Gasteiger partial charge in [-0.3, -0.25) is 10.9 Å². The van der Waals surface area contributed by atoms with Crippen molar-refractivity contribution in [1.82, 2.24) is 10.9 Å². The predicted octanol–water partition coefficient (Wildman–Crippen LogP) is -0.266. The number of nitrogens with one attached hydrogen (secondary N) is 2. The largest absolute Gasteiger partial charge is 0.508 e. The normalized spacial score (nSPS) is 8.21. The van der Waals surface area contributed by atoms with E-state index in [0.717, 1.165) is 5.56 Å². The van der Waals surface area contributed by atoms with Crippen LogP contribution in [0.2, 0.25) is 0 Å². The number of amides is 2. The molecule has 2 amide bonds. The summed E-state index contributed by atoms with van der Waals surface area (Å²) in [6, 6.07) is 6.65. The van der Waals surface area contributed by atoms with Crippen LogP contribution in [-0.4, -0.2) is 11.1 Å². The van der Waals surface area contributed by atoms with Crippen LogP contribution in [0, 0.1) is 6.92 Å². The number of phenols is 1. The van der Waals surface area contributed by atoms with Gasteiger partial charge in [-0.2, -0.15) is 0 Å². The lowest BCUT2D eigenvalue weighted by molar-refractivity contribution is 0.241. The van der Waals surface area contributed by atoms with Crippen molar-refractivity contribution in [2.45, 2.75) is 6.92 Å². The van der Waals surface area contributed by atoms with Gasteiger partial charge in [0.25, 0.3) is 0 Å². The average molecular weight is 198 g/mol. The Morgan fingerprint density at radius 3 is 2.00 bits per heavy atom. The Morgan fingerprint density at radius 1 is 1.29 bits per heavy atom. The minimum atomic E-state index is -0.602. The Hall–Kier alpha value is -1.79. The van der Waals surface area contributed by atoms with Gasteiger partial charge in [0.05, 0.1) is 0 Å². The molecular formula is C8H14N4O2. The molecule has 6 nitrogen and oxygen atoms in total. The van der Waals surface area contributed by atoms with Gasteiger partial charge in [-0.15, -0.1) is 0 Å². The Kier molecular flexibility index (Phi) is 5.84. The third kappa shape index (κ3) is 4.96. The monoisotopic (exact) mass is 198 g/mol. The minimum absolute atomic E-state index is 0.368. The van der Waals surface area contributed by atoms with Gasteiger partial charge in [0, 0.05) is 0 Å². The SMILES string of the molecule is Cc1ccccc1O.NNC(=O)NN. The van der Waals surface area contributed by atoms with Gasteiger partial charge >= 0.3 is 6.03 Å². The molecule has 0 spiro atoms. The zero-order valence-corrected chi connectivity index (χ0v) is 7.82. The summed E-state index contributed by atoms with van der Waals surface area (Å²) in [5.74, 6) is 9.45. The summed E-state index contributed by atoms with van der Waals surface area (Å²) in [5, 5.41) is 8.92. The van der Waals surface area contributed by atoms with Crippen LogP contribution in [0.4, 0.5) is 4.79 Å². The van der Waals surface area contributed by atoms with Crippen molar-refractivity contribution in [3.63, 3.8) is 0 Å². The van der Waals surface area contributed by atoms with Crippen molar-refractivity contribution in [1.29, 1.82) is 0 Å². The van der Waals surface area contributed by atoms with E-state index < -0.39 is 6.03 Å². The molecule has 0 aliphatic rings. The second-order valence-corrected chi connectivity index (χ2v) is 2.40. The summed E-state index contributed by atoms with van der Waals surface area (Å²) in [4.78, 5) is 9.71. The van der Waals surface area contributed by atoms with Crippen molar-refractivity contribution >= 4 is 6.03 Å². The maximum absolute atomic E-state index is 9.71. The summed E-state index contributed by atoms with van der Waals surface area (Å²) in [5.41, 5.74) is 4.40. The van der Waals surface area contributed by atoms with Gasteiger partial charge in [0.15, 0.2) is 0 Å². The molecule has 1 aromatic carbocycles. The lowest BCUT2D eigenvalue weighted by Gasteiger charge is -1.92. The Morgan fingerprint density at radius 2 is 1.79 bits per heavy atom. The number of nitrogens with two attached hydrogens (primary N) is 2. The highest BCUT2D eigenvalue weighted by molar-refractivity contribution is 5.72.